The highest BCUT2D eigenvalue weighted by atomic mass is 16.3. The first-order valence-electron chi connectivity index (χ1n) is 4.96. The quantitative estimate of drug-likeness (QED) is 0.806. The second-order valence-electron chi connectivity index (χ2n) is 3.54. The molecule has 0 radical (unpaired) electrons. The first-order valence-corrected chi connectivity index (χ1v) is 4.96. The summed E-state index contributed by atoms with van der Waals surface area (Å²) in [6.07, 6.45) is 3.18. The van der Waals surface area contributed by atoms with Gasteiger partial charge in [-0.2, -0.15) is 0 Å². The Morgan fingerprint density at radius 2 is 1.80 bits per heavy atom. The van der Waals surface area contributed by atoms with Gasteiger partial charge >= 0.3 is 0 Å². The molecule has 1 heterocycles. The van der Waals surface area contributed by atoms with Crippen LogP contribution in [0.2, 0.25) is 0 Å². The van der Waals surface area contributed by atoms with Crippen LogP contribution in [0.15, 0.2) is 48.8 Å². The fourth-order valence-corrected chi connectivity index (χ4v) is 1.49. The lowest BCUT2D eigenvalue weighted by Crippen LogP contribution is -1.90. The summed E-state index contributed by atoms with van der Waals surface area (Å²) in [5, 5.41) is 9.37. The standard InChI is InChI=1S/C13H13NO/c1-10(15)11-4-6-12(7-5-11)13-3-2-8-14-9-13/h2-10,15H,1H3/t10-/m0/s1. The van der Waals surface area contributed by atoms with Crippen LogP contribution in [0.4, 0.5) is 0 Å². The van der Waals surface area contributed by atoms with Crippen molar-refractivity contribution in [2.75, 3.05) is 0 Å². The van der Waals surface area contributed by atoms with Gasteiger partial charge in [0, 0.05) is 12.4 Å². The van der Waals surface area contributed by atoms with Crippen molar-refractivity contribution in [3.63, 3.8) is 0 Å². The molecule has 1 atom stereocenters. The Kier molecular flexibility index (Phi) is 2.79. The zero-order valence-corrected chi connectivity index (χ0v) is 8.59. The SMILES string of the molecule is C[C@H](O)c1ccc(-c2cccnc2)cc1. The van der Waals surface area contributed by atoms with Crippen LogP contribution >= 0.6 is 0 Å². The lowest BCUT2D eigenvalue weighted by molar-refractivity contribution is 0.199. The lowest BCUT2D eigenvalue weighted by Gasteiger charge is -2.05. The zero-order chi connectivity index (χ0) is 10.7. The molecule has 0 aliphatic heterocycles. The lowest BCUT2D eigenvalue weighted by atomic mass is 10.0. The maximum Gasteiger partial charge on any atom is 0.0761 e. The van der Waals surface area contributed by atoms with E-state index in [9.17, 15) is 5.11 Å². The number of aromatic nitrogens is 1. The number of aliphatic hydroxyl groups excluding tert-OH is 1. The Balaban J connectivity index is 2.32. The van der Waals surface area contributed by atoms with Crippen molar-refractivity contribution in [3.05, 3.63) is 54.4 Å². The number of benzene rings is 1. The molecule has 0 saturated heterocycles. The van der Waals surface area contributed by atoms with E-state index in [0.717, 1.165) is 16.7 Å². The van der Waals surface area contributed by atoms with Crippen molar-refractivity contribution < 1.29 is 5.11 Å². The Hall–Kier alpha value is -1.67. The molecule has 0 bridgehead atoms. The van der Waals surface area contributed by atoms with Crippen LogP contribution in [0.3, 0.4) is 0 Å². The highest BCUT2D eigenvalue weighted by Crippen LogP contribution is 2.20. The van der Waals surface area contributed by atoms with Gasteiger partial charge in [-0.05, 0) is 29.7 Å². The third kappa shape index (κ3) is 2.22. The molecule has 2 heteroatoms. The predicted molar refractivity (Wildman–Crippen MR) is 60.3 cm³/mol. The van der Waals surface area contributed by atoms with Crippen molar-refractivity contribution in [1.29, 1.82) is 0 Å². The molecule has 0 aliphatic rings. The monoisotopic (exact) mass is 199 g/mol. The molecule has 0 amide bonds. The van der Waals surface area contributed by atoms with Crippen LogP contribution in [0.5, 0.6) is 0 Å². The predicted octanol–water partition coefficient (Wildman–Crippen LogP) is 2.80. The number of aliphatic hydroxyl groups is 1. The van der Waals surface area contributed by atoms with Gasteiger partial charge in [-0.15, -0.1) is 0 Å². The fourth-order valence-electron chi connectivity index (χ4n) is 1.49. The van der Waals surface area contributed by atoms with E-state index >= 15 is 0 Å². The number of hydrogen-bond donors (Lipinski definition) is 1. The minimum absolute atomic E-state index is 0.409. The number of rotatable bonds is 2. The first-order chi connectivity index (χ1) is 7.27. The second-order valence-corrected chi connectivity index (χ2v) is 3.54. The van der Waals surface area contributed by atoms with E-state index in [2.05, 4.69) is 4.98 Å². The van der Waals surface area contributed by atoms with E-state index in [1.807, 2.05) is 42.6 Å². The van der Waals surface area contributed by atoms with Crippen molar-refractivity contribution in [2.24, 2.45) is 0 Å². The molecule has 2 rings (SSSR count). The minimum Gasteiger partial charge on any atom is -0.389 e. The summed E-state index contributed by atoms with van der Waals surface area (Å²) in [7, 11) is 0. The molecule has 0 unspecified atom stereocenters. The van der Waals surface area contributed by atoms with Crippen LogP contribution in [-0.2, 0) is 0 Å². The summed E-state index contributed by atoms with van der Waals surface area (Å²) < 4.78 is 0. The average Bonchev–Trinajstić information content (AvgIpc) is 2.30. The summed E-state index contributed by atoms with van der Waals surface area (Å²) in [5.41, 5.74) is 3.14. The highest BCUT2D eigenvalue weighted by Gasteiger charge is 2.01. The average molecular weight is 199 g/mol. The number of nitrogens with zero attached hydrogens (tertiary/aromatic N) is 1. The summed E-state index contributed by atoms with van der Waals surface area (Å²) in [5.74, 6) is 0. The van der Waals surface area contributed by atoms with Crippen molar-refractivity contribution >= 4 is 0 Å². The van der Waals surface area contributed by atoms with E-state index in [0.29, 0.717) is 0 Å². The van der Waals surface area contributed by atoms with E-state index in [-0.39, 0.29) is 0 Å². The topological polar surface area (TPSA) is 33.1 Å². The normalized spacial score (nSPS) is 12.4. The summed E-state index contributed by atoms with van der Waals surface area (Å²) in [6, 6.07) is 11.8. The maximum absolute atomic E-state index is 9.37. The zero-order valence-electron chi connectivity index (χ0n) is 8.59. The Bertz CT molecular complexity index is 420. The van der Waals surface area contributed by atoms with Gasteiger partial charge in [0.15, 0.2) is 0 Å². The molecular formula is C13H13NO. The van der Waals surface area contributed by atoms with E-state index in [1.165, 1.54) is 0 Å². The molecule has 0 spiro atoms. The van der Waals surface area contributed by atoms with Crippen molar-refractivity contribution in [2.45, 2.75) is 13.0 Å². The maximum atomic E-state index is 9.37. The number of pyridine rings is 1. The van der Waals surface area contributed by atoms with Crippen LogP contribution in [0, 0.1) is 0 Å². The molecule has 15 heavy (non-hydrogen) atoms. The van der Waals surface area contributed by atoms with Crippen LogP contribution in [-0.4, -0.2) is 10.1 Å². The summed E-state index contributed by atoms with van der Waals surface area (Å²) in [4.78, 5) is 4.07. The van der Waals surface area contributed by atoms with Gasteiger partial charge in [0.25, 0.3) is 0 Å². The third-order valence-corrected chi connectivity index (χ3v) is 2.39. The van der Waals surface area contributed by atoms with Gasteiger partial charge in [-0.1, -0.05) is 30.3 Å². The van der Waals surface area contributed by atoms with Crippen molar-refractivity contribution in [1.82, 2.24) is 4.98 Å². The van der Waals surface area contributed by atoms with Gasteiger partial charge in [0.05, 0.1) is 6.10 Å². The third-order valence-electron chi connectivity index (χ3n) is 2.39. The molecule has 2 nitrogen and oxygen atoms in total. The largest absolute Gasteiger partial charge is 0.389 e. The molecule has 0 saturated carbocycles. The second kappa shape index (κ2) is 4.24. The molecular weight excluding hydrogens is 186 g/mol. The van der Waals surface area contributed by atoms with E-state index in [4.69, 9.17) is 0 Å². The number of hydrogen-bond acceptors (Lipinski definition) is 2. The summed E-state index contributed by atoms with van der Waals surface area (Å²) in [6.45, 7) is 1.76. The van der Waals surface area contributed by atoms with Crippen LogP contribution < -0.4 is 0 Å². The molecule has 0 fully saturated rings. The van der Waals surface area contributed by atoms with Crippen molar-refractivity contribution in [3.8, 4) is 11.1 Å². The molecule has 76 valence electrons. The fraction of sp³-hybridized carbons (Fsp3) is 0.154. The van der Waals surface area contributed by atoms with Gasteiger partial charge < -0.3 is 5.11 Å². The van der Waals surface area contributed by atoms with E-state index < -0.39 is 6.10 Å². The summed E-state index contributed by atoms with van der Waals surface area (Å²) >= 11 is 0. The van der Waals surface area contributed by atoms with Gasteiger partial charge in [0.1, 0.15) is 0 Å². The first kappa shape index (κ1) is 9.87. The Morgan fingerprint density at radius 3 is 2.33 bits per heavy atom. The molecule has 2 aromatic rings. The van der Waals surface area contributed by atoms with E-state index in [1.54, 1.807) is 13.1 Å². The molecule has 1 N–H and O–H groups in total. The van der Waals surface area contributed by atoms with Crippen LogP contribution in [0.1, 0.15) is 18.6 Å². The molecule has 1 aromatic carbocycles. The minimum atomic E-state index is -0.409. The Morgan fingerprint density at radius 1 is 1.07 bits per heavy atom. The van der Waals surface area contributed by atoms with Gasteiger partial charge in [-0.25, -0.2) is 0 Å². The van der Waals surface area contributed by atoms with Crippen LogP contribution in [0.25, 0.3) is 11.1 Å². The Labute approximate surface area is 89.2 Å². The highest BCUT2D eigenvalue weighted by molar-refractivity contribution is 5.62. The van der Waals surface area contributed by atoms with Gasteiger partial charge in [-0.3, -0.25) is 4.98 Å². The molecule has 1 aromatic heterocycles. The smallest absolute Gasteiger partial charge is 0.0761 e. The molecule has 0 aliphatic carbocycles. The van der Waals surface area contributed by atoms with Gasteiger partial charge in [0.2, 0.25) is 0 Å².